The molecule has 2 aromatic rings. The lowest BCUT2D eigenvalue weighted by Crippen LogP contribution is -2.42. The molecule has 1 aromatic carbocycles. The van der Waals surface area contributed by atoms with Crippen LogP contribution in [0.4, 0.5) is 0 Å². The van der Waals surface area contributed by atoms with E-state index in [2.05, 4.69) is 4.90 Å². The van der Waals surface area contributed by atoms with Crippen LogP contribution >= 0.6 is 0 Å². The van der Waals surface area contributed by atoms with Crippen LogP contribution in [-0.4, -0.2) is 29.1 Å². The van der Waals surface area contributed by atoms with Crippen molar-refractivity contribution in [3.8, 4) is 5.75 Å². The zero-order valence-corrected chi connectivity index (χ0v) is 11.2. The van der Waals surface area contributed by atoms with E-state index in [1.54, 1.807) is 12.1 Å². The Hall–Kier alpha value is -1.85. The van der Waals surface area contributed by atoms with Gasteiger partial charge in [-0.2, -0.15) is 0 Å². The van der Waals surface area contributed by atoms with Crippen LogP contribution in [0.3, 0.4) is 0 Å². The van der Waals surface area contributed by atoms with Crippen molar-refractivity contribution >= 4 is 11.0 Å². The number of fused-ring (bicyclic) bond motifs is 1. The van der Waals surface area contributed by atoms with E-state index in [1.165, 1.54) is 12.1 Å². The number of nitrogens with zero attached hydrogens (tertiary/aromatic N) is 1. The number of rotatable bonds is 2. The number of benzene rings is 1. The number of nitrogens with two attached hydrogens (primary N) is 1. The average Bonchev–Trinajstić information content (AvgIpc) is 2.37. The Balaban J connectivity index is 1.96. The van der Waals surface area contributed by atoms with Crippen LogP contribution in [0, 0.1) is 0 Å². The molecule has 2 heterocycles. The number of phenolic OH excluding ortho intramolecular Hbond substituents is 1. The van der Waals surface area contributed by atoms with Crippen molar-refractivity contribution < 1.29 is 9.52 Å². The van der Waals surface area contributed by atoms with Gasteiger partial charge in [0.1, 0.15) is 11.3 Å². The predicted octanol–water partition coefficient (Wildman–Crippen LogP) is 1.42. The molecule has 0 radical (unpaired) electrons. The molecule has 0 spiro atoms. The summed E-state index contributed by atoms with van der Waals surface area (Å²) in [6, 6.07) is 6.60. The van der Waals surface area contributed by atoms with Gasteiger partial charge in [-0.05, 0) is 37.1 Å². The standard InChI is InChI=1S/C15H18N2O3/c16-11-2-1-5-17(9-11)8-10-6-15(19)20-14-7-12(18)3-4-13(10)14/h3-4,6-7,11,18H,1-2,5,8-9,16H2/t11-/m1/s1. The van der Waals surface area contributed by atoms with Crippen molar-refractivity contribution in [2.45, 2.75) is 25.4 Å². The van der Waals surface area contributed by atoms with Gasteiger partial charge in [0.05, 0.1) is 0 Å². The fourth-order valence-corrected chi connectivity index (χ4v) is 2.83. The van der Waals surface area contributed by atoms with Crippen molar-refractivity contribution in [2.75, 3.05) is 13.1 Å². The molecule has 0 bridgehead atoms. The molecule has 5 heteroatoms. The summed E-state index contributed by atoms with van der Waals surface area (Å²) in [7, 11) is 0. The van der Waals surface area contributed by atoms with E-state index >= 15 is 0 Å². The molecule has 3 rings (SSSR count). The first-order valence-corrected chi connectivity index (χ1v) is 6.85. The van der Waals surface area contributed by atoms with E-state index in [9.17, 15) is 9.90 Å². The zero-order chi connectivity index (χ0) is 14.1. The van der Waals surface area contributed by atoms with E-state index in [1.807, 2.05) is 0 Å². The molecule has 1 aromatic heterocycles. The number of hydrogen-bond acceptors (Lipinski definition) is 5. The summed E-state index contributed by atoms with van der Waals surface area (Å²) in [5, 5.41) is 10.3. The molecular weight excluding hydrogens is 256 g/mol. The maximum Gasteiger partial charge on any atom is 0.336 e. The number of hydrogen-bond donors (Lipinski definition) is 2. The lowest BCUT2D eigenvalue weighted by molar-refractivity contribution is 0.202. The van der Waals surface area contributed by atoms with Crippen molar-refractivity contribution in [1.82, 2.24) is 4.90 Å². The Kier molecular flexibility index (Phi) is 3.46. The Bertz CT molecular complexity index is 680. The number of likely N-dealkylation sites (tertiary alicyclic amines) is 1. The van der Waals surface area contributed by atoms with Crippen molar-refractivity contribution in [3.63, 3.8) is 0 Å². The number of phenols is 1. The van der Waals surface area contributed by atoms with E-state index in [4.69, 9.17) is 10.2 Å². The summed E-state index contributed by atoms with van der Waals surface area (Å²) in [6.45, 7) is 2.52. The molecule has 1 fully saturated rings. The van der Waals surface area contributed by atoms with Gasteiger partial charge in [0, 0.05) is 36.7 Å². The molecule has 0 unspecified atom stereocenters. The predicted molar refractivity (Wildman–Crippen MR) is 76.6 cm³/mol. The largest absolute Gasteiger partial charge is 0.508 e. The molecule has 1 saturated heterocycles. The van der Waals surface area contributed by atoms with Crippen LogP contribution in [0.2, 0.25) is 0 Å². The minimum atomic E-state index is -0.389. The van der Waals surface area contributed by atoms with Gasteiger partial charge in [-0.15, -0.1) is 0 Å². The highest BCUT2D eigenvalue weighted by Gasteiger charge is 2.18. The summed E-state index contributed by atoms with van der Waals surface area (Å²) in [6.07, 6.45) is 2.14. The fraction of sp³-hybridized carbons (Fsp3) is 0.400. The van der Waals surface area contributed by atoms with Crippen molar-refractivity contribution in [3.05, 3.63) is 40.2 Å². The Morgan fingerprint density at radius 2 is 2.25 bits per heavy atom. The van der Waals surface area contributed by atoms with Gasteiger partial charge in [-0.25, -0.2) is 4.79 Å². The maximum absolute atomic E-state index is 11.6. The lowest BCUT2D eigenvalue weighted by Gasteiger charge is -2.30. The summed E-state index contributed by atoms with van der Waals surface area (Å²) in [4.78, 5) is 13.9. The highest BCUT2D eigenvalue weighted by atomic mass is 16.4. The quantitative estimate of drug-likeness (QED) is 0.810. The first-order valence-electron chi connectivity index (χ1n) is 6.85. The average molecular weight is 274 g/mol. The van der Waals surface area contributed by atoms with Crippen LogP contribution < -0.4 is 11.4 Å². The first kappa shape index (κ1) is 13.1. The van der Waals surface area contributed by atoms with Gasteiger partial charge in [0.2, 0.25) is 0 Å². The van der Waals surface area contributed by atoms with Crippen LogP contribution in [0.5, 0.6) is 5.75 Å². The van der Waals surface area contributed by atoms with Gasteiger partial charge in [-0.1, -0.05) is 0 Å². The van der Waals surface area contributed by atoms with Gasteiger partial charge in [0.25, 0.3) is 0 Å². The molecule has 1 aliphatic rings. The second-order valence-corrected chi connectivity index (χ2v) is 5.41. The van der Waals surface area contributed by atoms with Crippen LogP contribution in [0.1, 0.15) is 18.4 Å². The van der Waals surface area contributed by atoms with E-state index in [0.29, 0.717) is 12.1 Å². The summed E-state index contributed by atoms with van der Waals surface area (Å²) >= 11 is 0. The third-order valence-corrected chi connectivity index (χ3v) is 3.75. The molecule has 0 aliphatic carbocycles. The van der Waals surface area contributed by atoms with Crippen LogP contribution in [0.25, 0.3) is 11.0 Å². The first-order chi connectivity index (χ1) is 9.61. The molecule has 0 saturated carbocycles. The number of piperidine rings is 1. The molecule has 1 aliphatic heterocycles. The topological polar surface area (TPSA) is 79.7 Å². The fourth-order valence-electron chi connectivity index (χ4n) is 2.83. The molecule has 0 amide bonds. The Morgan fingerprint density at radius 1 is 1.40 bits per heavy atom. The molecule has 3 N–H and O–H groups in total. The molecular formula is C15H18N2O3. The van der Waals surface area contributed by atoms with Crippen molar-refractivity contribution in [1.29, 1.82) is 0 Å². The monoisotopic (exact) mass is 274 g/mol. The summed E-state index contributed by atoms with van der Waals surface area (Å²) in [5.41, 5.74) is 6.94. The van der Waals surface area contributed by atoms with E-state index in [0.717, 1.165) is 36.9 Å². The smallest absolute Gasteiger partial charge is 0.336 e. The van der Waals surface area contributed by atoms with E-state index in [-0.39, 0.29) is 17.4 Å². The van der Waals surface area contributed by atoms with Gasteiger partial charge in [-0.3, -0.25) is 4.90 Å². The van der Waals surface area contributed by atoms with E-state index < -0.39 is 0 Å². The lowest BCUT2D eigenvalue weighted by atomic mass is 10.0. The van der Waals surface area contributed by atoms with Crippen LogP contribution in [0.15, 0.2) is 33.5 Å². The zero-order valence-electron chi connectivity index (χ0n) is 11.2. The van der Waals surface area contributed by atoms with Crippen LogP contribution in [-0.2, 0) is 6.54 Å². The molecule has 1 atom stereocenters. The van der Waals surface area contributed by atoms with Gasteiger partial charge in [0.15, 0.2) is 0 Å². The summed E-state index contributed by atoms with van der Waals surface area (Å²) in [5.74, 6) is 0.0952. The molecule has 20 heavy (non-hydrogen) atoms. The minimum Gasteiger partial charge on any atom is -0.508 e. The SMILES string of the molecule is N[C@@H]1CCCN(Cc2cc(=O)oc3cc(O)ccc23)C1. The highest BCUT2D eigenvalue weighted by Crippen LogP contribution is 2.23. The second-order valence-electron chi connectivity index (χ2n) is 5.41. The Morgan fingerprint density at radius 3 is 3.05 bits per heavy atom. The summed E-state index contributed by atoms with van der Waals surface area (Å²) < 4.78 is 5.13. The molecule has 5 nitrogen and oxygen atoms in total. The molecule has 106 valence electrons. The minimum absolute atomic E-state index is 0.0952. The highest BCUT2D eigenvalue weighted by molar-refractivity contribution is 5.81. The second kappa shape index (κ2) is 5.26. The third-order valence-electron chi connectivity index (χ3n) is 3.75. The third kappa shape index (κ3) is 2.69. The Labute approximate surface area is 116 Å². The number of aromatic hydroxyl groups is 1. The maximum atomic E-state index is 11.6. The van der Waals surface area contributed by atoms with Gasteiger partial charge >= 0.3 is 5.63 Å². The van der Waals surface area contributed by atoms with Gasteiger partial charge < -0.3 is 15.3 Å². The normalized spacial score (nSPS) is 20.4. The van der Waals surface area contributed by atoms with Crippen molar-refractivity contribution in [2.24, 2.45) is 5.73 Å².